The molecule has 0 aliphatic carbocycles. The van der Waals surface area contributed by atoms with E-state index >= 15 is 0 Å². The molecule has 0 saturated heterocycles. The molecule has 0 bridgehead atoms. The molecule has 0 N–H and O–H groups in total. The molecule has 0 spiro atoms. The molecule has 1 aliphatic rings. The minimum atomic E-state index is 0.937. The van der Waals surface area contributed by atoms with Gasteiger partial charge in [-0.1, -0.05) is 30.3 Å². The molecule has 2 heterocycles. The van der Waals surface area contributed by atoms with Crippen molar-refractivity contribution >= 4 is 0 Å². The van der Waals surface area contributed by atoms with Crippen LogP contribution in [0.25, 0.3) is 0 Å². The lowest BCUT2D eigenvalue weighted by atomic mass is 10.2. The molecule has 16 heavy (non-hydrogen) atoms. The zero-order valence-corrected chi connectivity index (χ0v) is 9.00. The van der Waals surface area contributed by atoms with Crippen LogP contribution in [0.3, 0.4) is 0 Å². The van der Waals surface area contributed by atoms with Crippen molar-refractivity contribution in [3.8, 4) is 0 Å². The van der Waals surface area contributed by atoms with E-state index in [1.165, 1.54) is 16.8 Å². The third-order valence-corrected chi connectivity index (χ3v) is 2.90. The molecule has 0 amide bonds. The Bertz CT molecular complexity index is 457. The maximum atomic E-state index is 4.30. The number of fused-ring (bicyclic) bond motifs is 1. The second-order valence-electron chi connectivity index (χ2n) is 4.13. The number of benzene rings is 1. The molecular weight excluding hydrogens is 198 g/mol. The Morgan fingerprint density at radius 2 is 2.00 bits per heavy atom. The summed E-state index contributed by atoms with van der Waals surface area (Å²) >= 11 is 0. The Kier molecular flexibility index (Phi) is 2.38. The zero-order valence-electron chi connectivity index (χ0n) is 9.00. The molecule has 3 heteroatoms. The van der Waals surface area contributed by atoms with Crippen LogP contribution >= 0.6 is 0 Å². The summed E-state index contributed by atoms with van der Waals surface area (Å²) in [6.07, 6.45) is 3.55. The fraction of sp³-hybridized carbons (Fsp3) is 0.231. The summed E-state index contributed by atoms with van der Waals surface area (Å²) in [7, 11) is 0. The van der Waals surface area contributed by atoms with E-state index in [1.807, 2.05) is 12.3 Å². The lowest BCUT2D eigenvalue weighted by molar-refractivity contribution is 0.274. The first-order chi connectivity index (χ1) is 7.92. The largest absolute Gasteiger partial charge is 0.289 e. The molecule has 0 saturated carbocycles. The van der Waals surface area contributed by atoms with E-state index in [0.717, 1.165) is 19.6 Å². The van der Waals surface area contributed by atoms with Crippen LogP contribution in [0.2, 0.25) is 0 Å². The van der Waals surface area contributed by atoms with Gasteiger partial charge in [0.05, 0.1) is 5.69 Å². The van der Waals surface area contributed by atoms with Crippen molar-refractivity contribution in [1.29, 1.82) is 0 Å². The minimum absolute atomic E-state index is 0.937. The van der Waals surface area contributed by atoms with E-state index < -0.39 is 0 Å². The van der Waals surface area contributed by atoms with E-state index in [-0.39, 0.29) is 0 Å². The first-order valence-corrected chi connectivity index (χ1v) is 5.46. The highest BCUT2D eigenvalue weighted by Gasteiger charge is 2.19. The van der Waals surface area contributed by atoms with Crippen LogP contribution in [0.15, 0.2) is 42.9 Å². The van der Waals surface area contributed by atoms with Gasteiger partial charge >= 0.3 is 0 Å². The molecule has 0 fully saturated rings. The molecule has 2 aromatic rings. The van der Waals surface area contributed by atoms with E-state index in [9.17, 15) is 0 Å². The van der Waals surface area contributed by atoms with Gasteiger partial charge in [-0.25, -0.2) is 9.97 Å². The second kappa shape index (κ2) is 4.02. The van der Waals surface area contributed by atoms with Crippen LogP contribution in [0, 0.1) is 0 Å². The van der Waals surface area contributed by atoms with Crippen molar-refractivity contribution in [2.45, 2.75) is 19.6 Å². The second-order valence-corrected chi connectivity index (χ2v) is 4.13. The summed E-state index contributed by atoms with van der Waals surface area (Å²) in [5.41, 5.74) is 3.78. The number of rotatable bonds is 2. The van der Waals surface area contributed by atoms with Crippen LogP contribution < -0.4 is 0 Å². The minimum Gasteiger partial charge on any atom is -0.289 e. The van der Waals surface area contributed by atoms with E-state index in [0.29, 0.717) is 0 Å². The van der Waals surface area contributed by atoms with Crippen LogP contribution in [0.5, 0.6) is 0 Å². The lowest BCUT2D eigenvalue weighted by Crippen LogP contribution is -2.15. The number of aromatic nitrogens is 2. The van der Waals surface area contributed by atoms with Crippen molar-refractivity contribution in [2.75, 3.05) is 0 Å². The third-order valence-electron chi connectivity index (χ3n) is 2.90. The van der Waals surface area contributed by atoms with Gasteiger partial charge in [0.25, 0.3) is 0 Å². The summed E-state index contributed by atoms with van der Waals surface area (Å²) in [4.78, 5) is 10.7. The van der Waals surface area contributed by atoms with Crippen molar-refractivity contribution in [3.63, 3.8) is 0 Å². The number of nitrogens with zero attached hydrogens (tertiary/aromatic N) is 3. The Balaban J connectivity index is 1.73. The molecule has 3 nitrogen and oxygen atoms in total. The first-order valence-electron chi connectivity index (χ1n) is 5.46. The van der Waals surface area contributed by atoms with Crippen LogP contribution in [-0.4, -0.2) is 14.9 Å². The molecule has 3 rings (SSSR count). The highest BCUT2D eigenvalue weighted by Crippen LogP contribution is 2.21. The first kappa shape index (κ1) is 9.48. The molecule has 1 aromatic heterocycles. The topological polar surface area (TPSA) is 29.0 Å². The van der Waals surface area contributed by atoms with E-state index in [1.54, 1.807) is 6.33 Å². The van der Waals surface area contributed by atoms with Crippen molar-refractivity contribution in [1.82, 2.24) is 14.9 Å². The van der Waals surface area contributed by atoms with Gasteiger partial charge < -0.3 is 0 Å². The summed E-state index contributed by atoms with van der Waals surface area (Å²) in [5, 5.41) is 0. The Morgan fingerprint density at radius 1 is 1.12 bits per heavy atom. The van der Waals surface area contributed by atoms with Gasteiger partial charge in [-0.15, -0.1) is 0 Å². The zero-order chi connectivity index (χ0) is 10.8. The predicted octanol–water partition coefficient (Wildman–Crippen LogP) is 1.99. The van der Waals surface area contributed by atoms with Gasteiger partial charge in [0, 0.05) is 31.4 Å². The normalized spacial score (nSPS) is 15.0. The van der Waals surface area contributed by atoms with Gasteiger partial charge in [0.15, 0.2) is 0 Å². The average molecular weight is 211 g/mol. The van der Waals surface area contributed by atoms with Crippen LogP contribution in [0.1, 0.15) is 16.8 Å². The smallest absolute Gasteiger partial charge is 0.115 e. The number of hydrogen-bond donors (Lipinski definition) is 0. The summed E-state index contributed by atoms with van der Waals surface area (Å²) in [6.45, 7) is 2.88. The van der Waals surface area contributed by atoms with Crippen molar-refractivity contribution < 1.29 is 0 Å². The molecule has 0 unspecified atom stereocenters. The molecule has 1 aliphatic heterocycles. The summed E-state index contributed by atoms with van der Waals surface area (Å²) < 4.78 is 0. The maximum Gasteiger partial charge on any atom is 0.115 e. The molecule has 1 aromatic carbocycles. The number of hydrogen-bond acceptors (Lipinski definition) is 3. The molecule has 0 radical (unpaired) electrons. The Labute approximate surface area is 94.8 Å². The SMILES string of the molecule is c1ccc(CN2Cc3cncnc3C2)cc1. The molecule has 80 valence electrons. The predicted molar refractivity (Wildman–Crippen MR) is 61.4 cm³/mol. The summed E-state index contributed by atoms with van der Waals surface area (Å²) in [5.74, 6) is 0. The monoisotopic (exact) mass is 211 g/mol. The van der Waals surface area contributed by atoms with E-state index in [2.05, 4.69) is 39.1 Å². The summed E-state index contributed by atoms with van der Waals surface area (Å²) in [6, 6.07) is 10.5. The fourth-order valence-electron chi connectivity index (χ4n) is 2.12. The molecule has 0 atom stereocenters. The van der Waals surface area contributed by atoms with E-state index in [4.69, 9.17) is 0 Å². The maximum absolute atomic E-state index is 4.30. The van der Waals surface area contributed by atoms with Gasteiger partial charge in [0.2, 0.25) is 0 Å². The van der Waals surface area contributed by atoms with Gasteiger partial charge in [-0.2, -0.15) is 0 Å². The lowest BCUT2D eigenvalue weighted by Gasteiger charge is -2.13. The van der Waals surface area contributed by atoms with Gasteiger partial charge in [-0.05, 0) is 5.56 Å². The third kappa shape index (κ3) is 1.82. The quantitative estimate of drug-likeness (QED) is 0.760. The Hall–Kier alpha value is -1.74. The van der Waals surface area contributed by atoms with Crippen LogP contribution in [-0.2, 0) is 19.6 Å². The highest BCUT2D eigenvalue weighted by atomic mass is 15.2. The van der Waals surface area contributed by atoms with Gasteiger partial charge in [-0.3, -0.25) is 4.90 Å². The molecular formula is C13H13N3. The van der Waals surface area contributed by atoms with Crippen molar-refractivity contribution in [2.24, 2.45) is 0 Å². The van der Waals surface area contributed by atoms with Crippen molar-refractivity contribution in [3.05, 3.63) is 59.7 Å². The standard InChI is InChI=1S/C13H13N3/c1-2-4-11(5-3-1)7-16-8-12-6-14-10-15-13(12)9-16/h1-6,10H,7-9H2. The fourth-order valence-corrected chi connectivity index (χ4v) is 2.12. The average Bonchev–Trinajstić information content (AvgIpc) is 2.72. The van der Waals surface area contributed by atoms with Gasteiger partial charge in [0.1, 0.15) is 6.33 Å². The highest BCUT2D eigenvalue weighted by molar-refractivity contribution is 5.21. The Morgan fingerprint density at radius 3 is 2.81 bits per heavy atom. The van der Waals surface area contributed by atoms with Crippen LogP contribution in [0.4, 0.5) is 0 Å².